The molecule has 3 N–H and O–H groups in total. The number of piperidine rings is 2. The maximum Gasteiger partial charge on any atom is 0.410 e. The normalized spacial score (nSPS) is 16.8. The van der Waals surface area contributed by atoms with Gasteiger partial charge >= 0.3 is 12.2 Å². The van der Waals surface area contributed by atoms with E-state index in [9.17, 15) is 18.0 Å². The molecular formula is C66H66N14O8S. The molecule has 4 atom stereocenters. The third kappa shape index (κ3) is 12.8. The van der Waals surface area contributed by atoms with Crippen LogP contribution < -0.4 is 10.6 Å². The summed E-state index contributed by atoms with van der Waals surface area (Å²) in [6.45, 7) is 13.0. The van der Waals surface area contributed by atoms with E-state index in [1.807, 2.05) is 125 Å². The van der Waals surface area contributed by atoms with Crippen molar-refractivity contribution in [2.75, 3.05) is 23.7 Å². The Balaban J connectivity index is 0.000000176. The zero-order valence-corrected chi connectivity index (χ0v) is 50.8. The van der Waals surface area contributed by atoms with Crippen LogP contribution in [0.25, 0.3) is 67.1 Å². The molecule has 13 rings (SSSR count). The summed E-state index contributed by atoms with van der Waals surface area (Å²) in [7, 11) is -4.03. The molecular weight excluding hydrogens is 1150 g/mol. The van der Waals surface area contributed by atoms with Crippen LogP contribution in [-0.2, 0) is 32.7 Å². The molecule has 2 amide bonds. The highest BCUT2D eigenvalue weighted by Crippen LogP contribution is 2.37. The number of pyridine rings is 2. The monoisotopic (exact) mass is 1210 g/mol. The molecule has 2 aliphatic heterocycles. The fourth-order valence-corrected chi connectivity index (χ4v) is 12.6. The van der Waals surface area contributed by atoms with E-state index in [-0.39, 0.29) is 60.1 Å². The summed E-state index contributed by atoms with van der Waals surface area (Å²) in [6.07, 6.45) is 12.8. The van der Waals surface area contributed by atoms with Crippen molar-refractivity contribution >= 4 is 56.2 Å². The smallest absolute Gasteiger partial charge is 0.410 e. The van der Waals surface area contributed by atoms with E-state index in [1.165, 1.54) is 10.2 Å². The van der Waals surface area contributed by atoms with E-state index >= 15 is 0 Å². The largest absolute Gasteiger partial charge is 0.445 e. The highest BCUT2D eigenvalue weighted by molar-refractivity contribution is 7.90. The lowest BCUT2D eigenvalue weighted by Crippen LogP contribution is -2.50. The van der Waals surface area contributed by atoms with Gasteiger partial charge in [-0.05, 0) is 126 Å². The number of carbonyl (C=O) groups is 2. The second-order valence-electron chi connectivity index (χ2n) is 22.5. The first-order valence-corrected chi connectivity index (χ1v) is 30.9. The van der Waals surface area contributed by atoms with Crippen LogP contribution in [0.4, 0.5) is 21.5 Å². The molecule has 0 saturated carbocycles. The first-order valence-electron chi connectivity index (χ1n) is 29.4. The second kappa shape index (κ2) is 25.6. The van der Waals surface area contributed by atoms with E-state index in [0.717, 1.165) is 87.2 Å². The number of anilines is 2. The van der Waals surface area contributed by atoms with Crippen LogP contribution in [0.5, 0.6) is 0 Å². The van der Waals surface area contributed by atoms with E-state index in [0.29, 0.717) is 58.6 Å². The standard InChI is InChI=1S/C36H35N7O5S.C30H31N7O3/c1-23-18-37-35(38-27-15-14-24(2)42(19-27)36(44)47-21-26-10-6-4-7-11-26)40-33(23)30-20-43(49(45,46)28-12-8-5-9-13-28)34-29(30)16-17-32(39-34)31-22-48-41-25(31)3;1-18-13-32-29(33-22-10-9-19(2)37(15-22)30(38)39-16-21-7-5-4-6-8-21)35-27(18)24-14-31-28-23(24)11-12-26(34-28)25-17-40-36-20(25)3/h4-13,16-18,20,22,24,27H,14-15,19,21H2,1-3H3,(H,37,38,40);4-8,11-14,17,19,22H,9-10,15-16H2,1-3H3,(H,31,34)(H,32,33,35)/t24-,27-;19-,22-/m11/s1. The average Bonchev–Trinajstić information content (AvgIpc) is 1.71. The average molecular weight is 1220 g/mol. The molecule has 22 nitrogen and oxygen atoms in total. The van der Waals surface area contributed by atoms with Crippen molar-refractivity contribution in [3.63, 3.8) is 0 Å². The molecule has 10 heterocycles. The zero-order chi connectivity index (χ0) is 61.8. The summed E-state index contributed by atoms with van der Waals surface area (Å²) < 4.78 is 50.7. The van der Waals surface area contributed by atoms with Crippen molar-refractivity contribution in [2.24, 2.45) is 0 Å². The van der Waals surface area contributed by atoms with Gasteiger partial charge in [0.05, 0.1) is 50.2 Å². The number of nitrogens with zero attached hydrogens (tertiary/aromatic N) is 11. The van der Waals surface area contributed by atoms with E-state index in [4.69, 9.17) is 38.5 Å². The number of H-pyrrole nitrogens is 1. The van der Waals surface area contributed by atoms with Crippen molar-refractivity contribution in [1.29, 1.82) is 0 Å². The van der Waals surface area contributed by atoms with Crippen molar-refractivity contribution in [1.82, 2.24) is 59.0 Å². The Bertz CT molecular complexity index is 4440. The summed E-state index contributed by atoms with van der Waals surface area (Å²) in [5, 5.41) is 16.4. The Morgan fingerprint density at radius 1 is 0.584 bits per heavy atom. The van der Waals surface area contributed by atoms with Gasteiger partial charge in [0.2, 0.25) is 11.9 Å². The number of aromatic nitrogens is 10. The fraction of sp³-hybridized carbons (Fsp3) is 0.273. The van der Waals surface area contributed by atoms with Gasteiger partial charge in [0.15, 0.2) is 5.65 Å². The molecule has 8 aromatic heterocycles. The van der Waals surface area contributed by atoms with Crippen molar-refractivity contribution in [3.05, 3.63) is 186 Å². The van der Waals surface area contributed by atoms with Gasteiger partial charge in [-0.15, -0.1) is 0 Å². The van der Waals surface area contributed by atoms with Crippen molar-refractivity contribution < 1.29 is 36.5 Å². The van der Waals surface area contributed by atoms with Crippen LogP contribution in [0.1, 0.15) is 73.2 Å². The highest BCUT2D eigenvalue weighted by atomic mass is 32.2. The lowest BCUT2D eigenvalue weighted by Gasteiger charge is -2.37. The van der Waals surface area contributed by atoms with Gasteiger partial charge in [-0.1, -0.05) is 89.2 Å². The first-order chi connectivity index (χ1) is 43.1. The predicted octanol–water partition coefficient (Wildman–Crippen LogP) is 12.5. The molecule has 0 spiro atoms. The lowest BCUT2D eigenvalue weighted by molar-refractivity contribution is 0.0689. The van der Waals surface area contributed by atoms with Crippen LogP contribution in [0.3, 0.4) is 0 Å². The first kappa shape index (κ1) is 59.1. The number of likely N-dealkylation sites (tertiary alicyclic amines) is 2. The molecule has 89 heavy (non-hydrogen) atoms. The van der Waals surface area contributed by atoms with Crippen molar-refractivity contribution in [3.8, 4) is 45.0 Å². The molecule has 0 aliphatic carbocycles. The van der Waals surface area contributed by atoms with Crippen molar-refractivity contribution in [2.45, 2.75) is 110 Å². The quantitative estimate of drug-likeness (QED) is 0.0913. The van der Waals surface area contributed by atoms with Crippen LogP contribution in [-0.4, -0.2) is 117 Å². The summed E-state index contributed by atoms with van der Waals surface area (Å²) in [6, 6.07) is 35.2. The molecule has 0 bridgehead atoms. The minimum atomic E-state index is -4.03. The Morgan fingerprint density at radius 2 is 1.07 bits per heavy atom. The SMILES string of the molecule is Cc1cnc(N[C@@H]2CC[C@@H](C)N(C(=O)OCc3ccccc3)C2)nc1-c1c[nH]c2nc(-c3conc3C)ccc12.Cc1cnc(N[C@@H]2CC[C@@H](C)N(C(=O)OCc3ccccc3)C2)nc1-c1cn(S(=O)(=O)c2ccccc2)c2nc(-c3conc3C)ccc12. The molecule has 3 aromatic carbocycles. The molecule has 2 aliphatic rings. The van der Waals surface area contributed by atoms with Gasteiger partial charge in [-0.2, -0.15) is 0 Å². The predicted molar refractivity (Wildman–Crippen MR) is 336 cm³/mol. The Hall–Kier alpha value is -10.3. The van der Waals surface area contributed by atoms with Gasteiger partial charge in [-0.25, -0.2) is 51.9 Å². The molecule has 0 radical (unpaired) electrons. The Morgan fingerprint density at radius 3 is 1.57 bits per heavy atom. The number of nitrogens with one attached hydrogen (secondary N) is 3. The molecule has 2 saturated heterocycles. The topological polar surface area (TPSA) is 267 Å². The lowest BCUT2D eigenvalue weighted by atomic mass is 10.00. The van der Waals surface area contributed by atoms with E-state index in [2.05, 4.69) is 42.8 Å². The van der Waals surface area contributed by atoms with Gasteiger partial charge in [0.1, 0.15) is 31.4 Å². The number of ether oxygens (including phenoxy) is 2. The number of benzene rings is 3. The Kier molecular flexibility index (Phi) is 17.0. The third-order valence-corrected chi connectivity index (χ3v) is 17.9. The number of amides is 2. The minimum Gasteiger partial charge on any atom is -0.445 e. The maximum absolute atomic E-state index is 14.0. The molecule has 454 valence electrons. The molecule has 0 unspecified atom stereocenters. The number of rotatable bonds is 14. The van der Waals surface area contributed by atoms with Crippen LogP contribution in [0.2, 0.25) is 0 Å². The summed E-state index contributed by atoms with van der Waals surface area (Å²) >= 11 is 0. The van der Waals surface area contributed by atoms with Gasteiger partial charge in [-0.3, -0.25) is 0 Å². The second-order valence-corrected chi connectivity index (χ2v) is 24.3. The molecule has 11 aromatic rings. The zero-order valence-electron chi connectivity index (χ0n) is 50.0. The van der Waals surface area contributed by atoms with Gasteiger partial charge in [0, 0.05) is 83.9 Å². The molecule has 2 fully saturated rings. The molecule has 23 heteroatoms. The van der Waals surface area contributed by atoms with Crippen LogP contribution in [0.15, 0.2) is 167 Å². The van der Waals surface area contributed by atoms with E-state index in [1.54, 1.807) is 65.7 Å². The van der Waals surface area contributed by atoms with Crippen LogP contribution >= 0.6 is 0 Å². The van der Waals surface area contributed by atoms with Gasteiger partial charge in [0.25, 0.3) is 10.0 Å². The Labute approximate surface area is 513 Å². The third-order valence-electron chi connectivity index (χ3n) is 16.3. The fourth-order valence-electron chi connectivity index (χ4n) is 11.2. The maximum atomic E-state index is 14.0. The number of fused-ring (bicyclic) bond motifs is 2. The number of hydrogen-bond donors (Lipinski definition) is 3. The van der Waals surface area contributed by atoms with Gasteiger partial charge < -0.3 is 43.9 Å². The van der Waals surface area contributed by atoms with Crippen LogP contribution in [0, 0.1) is 27.7 Å². The summed E-state index contributed by atoms with van der Waals surface area (Å²) in [4.78, 5) is 61.4. The minimum absolute atomic E-state index is 0.00929. The van der Waals surface area contributed by atoms with E-state index < -0.39 is 10.0 Å². The summed E-state index contributed by atoms with van der Waals surface area (Å²) in [5.74, 6) is 0.894. The highest BCUT2D eigenvalue weighted by Gasteiger charge is 2.33. The number of carbonyl (C=O) groups excluding carboxylic acids is 2. The number of hydrogen-bond acceptors (Lipinski definition) is 18. The summed E-state index contributed by atoms with van der Waals surface area (Å²) in [5.41, 5.74) is 11.8. The number of aryl methyl sites for hydroxylation is 4. The number of aromatic amines is 1.